The van der Waals surface area contributed by atoms with E-state index in [1.54, 1.807) is 18.0 Å². The van der Waals surface area contributed by atoms with Crippen LogP contribution < -0.4 is 0 Å². The van der Waals surface area contributed by atoms with Gasteiger partial charge >= 0.3 is 0 Å². The van der Waals surface area contributed by atoms with Crippen molar-refractivity contribution in [3.63, 3.8) is 0 Å². The first-order chi connectivity index (χ1) is 9.63. The molecule has 1 atom stereocenters. The van der Waals surface area contributed by atoms with Crippen LogP contribution in [0.5, 0.6) is 0 Å². The van der Waals surface area contributed by atoms with Crippen molar-refractivity contribution in [2.24, 2.45) is 0 Å². The van der Waals surface area contributed by atoms with Crippen molar-refractivity contribution >= 4 is 17.7 Å². The highest BCUT2D eigenvalue weighted by molar-refractivity contribution is 7.99. The molecule has 1 aliphatic heterocycles. The second-order valence-electron chi connectivity index (χ2n) is 4.59. The number of aliphatic hydroxyl groups is 1. The zero-order valence-corrected chi connectivity index (χ0v) is 12.0. The Balaban J connectivity index is 2.16. The molecule has 5 heteroatoms. The molecule has 1 fully saturated rings. The molecule has 0 spiro atoms. The van der Waals surface area contributed by atoms with Crippen molar-refractivity contribution in [2.45, 2.75) is 12.5 Å². The molecule has 106 valence electrons. The first kappa shape index (κ1) is 14.9. The highest BCUT2D eigenvalue weighted by Crippen LogP contribution is 2.23. The molecule has 1 aromatic rings. The molecular weight excluding hydrogens is 277 g/mol. The lowest BCUT2D eigenvalue weighted by atomic mass is 10.1. The Hall–Kier alpha value is -1.51. The highest BCUT2D eigenvalue weighted by Gasteiger charge is 2.24. The van der Waals surface area contributed by atoms with Crippen molar-refractivity contribution in [1.82, 2.24) is 4.90 Å². The molecule has 1 aliphatic rings. The van der Waals surface area contributed by atoms with Gasteiger partial charge in [-0.05, 0) is 30.4 Å². The molecule has 1 saturated heterocycles. The van der Waals surface area contributed by atoms with E-state index < -0.39 is 5.82 Å². The minimum atomic E-state index is -0.536. The van der Waals surface area contributed by atoms with E-state index in [0.717, 1.165) is 17.9 Å². The Morgan fingerprint density at radius 2 is 2.40 bits per heavy atom. The summed E-state index contributed by atoms with van der Waals surface area (Å²) in [4.78, 5) is 14.0. The van der Waals surface area contributed by atoms with Gasteiger partial charge in [-0.2, -0.15) is 11.8 Å². The van der Waals surface area contributed by atoms with Crippen LogP contribution >= 0.6 is 11.8 Å². The topological polar surface area (TPSA) is 40.5 Å². The Morgan fingerprint density at radius 3 is 3.00 bits per heavy atom. The van der Waals surface area contributed by atoms with Gasteiger partial charge < -0.3 is 10.0 Å². The minimum Gasteiger partial charge on any atom is -0.384 e. The van der Waals surface area contributed by atoms with E-state index in [0.29, 0.717) is 5.56 Å². The summed E-state index contributed by atoms with van der Waals surface area (Å²) in [6.07, 6.45) is 0.982. The average Bonchev–Trinajstić information content (AvgIpc) is 2.98. The molecule has 1 unspecified atom stereocenters. The summed E-state index contributed by atoms with van der Waals surface area (Å²) in [5.74, 6) is 6.19. The molecule has 3 nitrogen and oxygen atoms in total. The van der Waals surface area contributed by atoms with Crippen LogP contribution in [0.2, 0.25) is 0 Å². The molecule has 0 aliphatic carbocycles. The number of hydrogen-bond donors (Lipinski definition) is 1. The third kappa shape index (κ3) is 3.33. The standard InChI is InChI=1S/C15H16FNO2S/c1-17(13-6-8-20-10-13)15(19)12-5-4-11(3-2-7-18)14(16)9-12/h4-5,9,13,18H,6-8,10H2,1H3. The van der Waals surface area contributed by atoms with E-state index in [1.807, 2.05) is 11.8 Å². The Morgan fingerprint density at radius 1 is 1.60 bits per heavy atom. The van der Waals surface area contributed by atoms with Crippen molar-refractivity contribution in [3.05, 3.63) is 35.1 Å². The summed E-state index contributed by atoms with van der Waals surface area (Å²) in [5.41, 5.74) is 0.520. The number of benzene rings is 1. The number of amides is 1. The number of carbonyl (C=O) groups is 1. The smallest absolute Gasteiger partial charge is 0.253 e. The van der Waals surface area contributed by atoms with E-state index in [-0.39, 0.29) is 24.1 Å². The zero-order chi connectivity index (χ0) is 14.5. The predicted octanol–water partition coefficient (Wildman–Crippen LogP) is 1.75. The fraction of sp³-hybridized carbons (Fsp3) is 0.400. The summed E-state index contributed by atoms with van der Waals surface area (Å²) >= 11 is 1.83. The largest absolute Gasteiger partial charge is 0.384 e. The van der Waals surface area contributed by atoms with Gasteiger partial charge in [-0.15, -0.1) is 0 Å². The van der Waals surface area contributed by atoms with E-state index in [9.17, 15) is 9.18 Å². The summed E-state index contributed by atoms with van der Waals surface area (Å²) in [6, 6.07) is 4.49. The molecule has 1 aromatic carbocycles. The number of thioether (sulfide) groups is 1. The Bertz CT molecular complexity index is 559. The first-order valence-electron chi connectivity index (χ1n) is 6.37. The Kier molecular flexibility index (Phi) is 5.05. The summed E-state index contributed by atoms with van der Waals surface area (Å²) in [7, 11) is 1.76. The average molecular weight is 293 g/mol. The molecule has 2 rings (SSSR count). The van der Waals surface area contributed by atoms with Crippen molar-refractivity contribution < 1.29 is 14.3 Å². The lowest BCUT2D eigenvalue weighted by Gasteiger charge is -2.23. The summed E-state index contributed by atoms with van der Waals surface area (Å²) < 4.78 is 13.8. The van der Waals surface area contributed by atoms with Gasteiger partial charge in [-0.25, -0.2) is 4.39 Å². The van der Waals surface area contributed by atoms with Crippen LogP contribution in [0.15, 0.2) is 18.2 Å². The van der Waals surface area contributed by atoms with Gasteiger partial charge in [0.25, 0.3) is 5.91 Å². The number of carbonyl (C=O) groups excluding carboxylic acids is 1. The van der Waals surface area contributed by atoms with Crippen LogP contribution in [0.3, 0.4) is 0 Å². The molecule has 1 heterocycles. The fourth-order valence-electron chi connectivity index (χ4n) is 2.08. The number of rotatable bonds is 2. The van der Waals surface area contributed by atoms with Gasteiger partial charge in [-0.1, -0.05) is 11.8 Å². The number of hydrogen-bond acceptors (Lipinski definition) is 3. The lowest BCUT2D eigenvalue weighted by Crippen LogP contribution is -2.37. The number of halogens is 1. The fourth-order valence-corrected chi connectivity index (χ4v) is 3.35. The number of nitrogens with zero attached hydrogens (tertiary/aromatic N) is 1. The van der Waals surface area contributed by atoms with Crippen LogP contribution in [0, 0.1) is 17.7 Å². The number of aliphatic hydroxyl groups excluding tert-OH is 1. The molecule has 0 radical (unpaired) electrons. The van der Waals surface area contributed by atoms with Crippen molar-refractivity contribution in [1.29, 1.82) is 0 Å². The quantitative estimate of drug-likeness (QED) is 0.845. The van der Waals surface area contributed by atoms with E-state index >= 15 is 0 Å². The van der Waals surface area contributed by atoms with Gasteiger partial charge in [0, 0.05) is 24.4 Å². The van der Waals surface area contributed by atoms with Gasteiger partial charge in [0.15, 0.2) is 0 Å². The van der Waals surface area contributed by atoms with Crippen LogP contribution in [0.4, 0.5) is 4.39 Å². The van der Waals surface area contributed by atoms with Crippen LogP contribution in [-0.2, 0) is 0 Å². The zero-order valence-electron chi connectivity index (χ0n) is 11.2. The summed E-state index contributed by atoms with van der Waals surface area (Å²) in [5, 5.41) is 8.60. The third-order valence-electron chi connectivity index (χ3n) is 3.29. The molecule has 1 N–H and O–H groups in total. The molecule has 0 bridgehead atoms. The first-order valence-corrected chi connectivity index (χ1v) is 7.53. The maximum atomic E-state index is 13.8. The second kappa shape index (κ2) is 6.78. The van der Waals surface area contributed by atoms with Gasteiger partial charge in [0.05, 0.1) is 5.56 Å². The van der Waals surface area contributed by atoms with Crippen LogP contribution in [-0.4, -0.2) is 47.1 Å². The van der Waals surface area contributed by atoms with E-state index in [2.05, 4.69) is 11.8 Å². The van der Waals surface area contributed by atoms with Gasteiger partial charge in [-0.3, -0.25) is 4.79 Å². The summed E-state index contributed by atoms with van der Waals surface area (Å²) in [6.45, 7) is -0.317. The van der Waals surface area contributed by atoms with Crippen LogP contribution in [0.25, 0.3) is 0 Å². The normalized spacial score (nSPS) is 17.4. The maximum Gasteiger partial charge on any atom is 0.253 e. The minimum absolute atomic E-state index is 0.168. The monoisotopic (exact) mass is 293 g/mol. The maximum absolute atomic E-state index is 13.8. The van der Waals surface area contributed by atoms with Gasteiger partial charge in [0.1, 0.15) is 12.4 Å². The molecule has 0 saturated carbocycles. The lowest BCUT2D eigenvalue weighted by molar-refractivity contribution is 0.0747. The van der Waals surface area contributed by atoms with Gasteiger partial charge in [0.2, 0.25) is 0 Å². The molecule has 1 amide bonds. The predicted molar refractivity (Wildman–Crippen MR) is 78.2 cm³/mol. The second-order valence-corrected chi connectivity index (χ2v) is 5.74. The highest BCUT2D eigenvalue weighted by atomic mass is 32.2. The molecule has 0 aromatic heterocycles. The van der Waals surface area contributed by atoms with Crippen molar-refractivity contribution in [2.75, 3.05) is 25.2 Å². The SMILES string of the molecule is CN(C(=O)c1ccc(C#CCO)c(F)c1)C1CCSC1. The van der Waals surface area contributed by atoms with Crippen molar-refractivity contribution in [3.8, 4) is 11.8 Å². The Labute approximate surface area is 122 Å². The molecular formula is C15H16FNO2S. The molecule has 20 heavy (non-hydrogen) atoms. The third-order valence-corrected chi connectivity index (χ3v) is 4.44. The van der Waals surface area contributed by atoms with E-state index in [1.165, 1.54) is 12.1 Å². The van der Waals surface area contributed by atoms with E-state index in [4.69, 9.17) is 5.11 Å². The van der Waals surface area contributed by atoms with Crippen LogP contribution in [0.1, 0.15) is 22.3 Å².